The number of piperazine rings is 1. The number of rotatable bonds is 8. The average molecular weight is 707 g/mol. The molecule has 3 atom stereocenters. The van der Waals surface area contributed by atoms with E-state index in [0.717, 1.165) is 6.42 Å². The number of aliphatic hydroxyl groups excluding tert-OH is 1. The van der Waals surface area contributed by atoms with Gasteiger partial charge in [-0.3, -0.25) is 14.4 Å². The molecule has 1 aliphatic carbocycles. The Morgan fingerprint density at radius 1 is 1.00 bits per heavy atom. The van der Waals surface area contributed by atoms with Crippen molar-refractivity contribution in [3.63, 3.8) is 0 Å². The zero-order valence-corrected chi connectivity index (χ0v) is 31.4. The minimum absolute atomic E-state index is 0.0519. The summed E-state index contributed by atoms with van der Waals surface area (Å²) in [6, 6.07) is 9.94. The van der Waals surface area contributed by atoms with Crippen LogP contribution in [0.25, 0.3) is 11.1 Å². The number of carbonyl (C=O) groups is 3. The maximum Gasteiger partial charge on any atom is 0.410 e. The first kappa shape index (κ1) is 38.5. The molecule has 1 saturated carbocycles. The van der Waals surface area contributed by atoms with E-state index in [1.54, 1.807) is 25.7 Å². The van der Waals surface area contributed by atoms with E-state index in [1.165, 1.54) is 53.8 Å². The second-order valence-electron chi connectivity index (χ2n) is 16.8. The van der Waals surface area contributed by atoms with Crippen molar-refractivity contribution < 1.29 is 29.3 Å². The molecule has 3 fully saturated rings. The monoisotopic (exact) mass is 706 g/mol. The fraction of sp³-hybridized carbons (Fsp3) is 0.650. The summed E-state index contributed by atoms with van der Waals surface area (Å²) in [7, 11) is 0. The Bertz CT molecular complexity index is 1610. The first-order chi connectivity index (χ1) is 24.0. The predicted octanol–water partition coefficient (Wildman–Crippen LogP) is 5.17. The minimum atomic E-state index is -1.33. The Balaban J connectivity index is 1.38. The minimum Gasteiger partial charge on any atom is -0.444 e. The molecule has 2 N–H and O–H groups in total. The third kappa shape index (κ3) is 8.85. The van der Waals surface area contributed by atoms with E-state index in [2.05, 4.69) is 0 Å². The van der Waals surface area contributed by atoms with Crippen LogP contribution in [0.3, 0.4) is 0 Å². The van der Waals surface area contributed by atoms with Crippen molar-refractivity contribution in [1.29, 1.82) is 0 Å². The molecule has 11 heteroatoms. The van der Waals surface area contributed by atoms with Crippen LogP contribution in [0.15, 0.2) is 47.4 Å². The number of pyridine rings is 1. The first-order valence-electron chi connectivity index (χ1n) is 18.7. The van der Waals surface area contributed by atoms with Gasteiger partial charge in [-0.2, -0.15) is 0 Å². The van der Waals surface area contributed by atoms with E-state index in [1.807, 2.05) is 56.0 Å². The van der Waals surface area contributed by atoms with Crippen molar-refractivity contribution in [2.24, 2.45) is 17.3 Å². The van der Waals surface area contributed by atoms with Crippen molar-refractivity contribution in [3.8, 4) is 11.1 Å². The Morgan fingerprint density at radius 3 is 2.31 bits per heavy atom. The van der Waals surface area contributed by atoms with Gasteiger partial charge in [-0.15, -0.1) is 0 Å². The van der Waals surface area contributed by atoms with Crippen molar-refractivity contribution in [2.45, 2.75) is 110 Å². The molecular formula is C40H58N4O7. The Labute approximate surface area is 302 Å². The lowest BCUT2D eigenvalue weighted by Crippen LogP contribution is -2.61. The molecule has 280 valence electrons. The maximum atomic E-state index is 14.4. The number of aliphatic hydroxyl groups is 2. The molecule has 2 aromatic rings. The predicted molar refractivity (Wildman–Crippen MR) is 196 cm³/mol. The fourth-order valence-electron chi connectivity index (χ4n) is 8.11. The highest BCUT2D eigenvalue weighted by Crippen LogP contribution is 2.41. The van der Waals surface area contributed by atoms with Crippen LogP contribution in [0.5, 0.6) is 0 Å². The fourth-order valence-corrected chi connectivity index (χ4v) is 8.11. The highest BCUT2D eigenvalue weighted by Gasteiger charge is 2.49. The lowest BCUT2D eigenvalue weighted by atomic mass is 9.69. The molecule has 51 heavy (non-hydrogen) atoms. The second-order valence-corrected chi connectivity index (χ2v) is 16.8. The lowest BCUT2D eigenvalue weighted by molar-refractivity contribution is -0.157. The molecule has 5 rings (SSSR count). The van der Waals surface area contributed by atoms with Crippen LogP contribution in [0.1, 0.15) is 96.8 Å². The first-order valence-corrected chi connectivity index (χ1v) is 18.7. The van der Waals surface area contributed by atoms with Crippen molar-refractivity contribution >= 4 is 17.9 Å². The van der Waals surface area contributed by atoms with Crippen molar-refractivity contribution in [3.05, 3.63) is 58.5 Å². The Hall–Kier alpha value is -3.70. The number of amides is 3. The quantitative estimate of drug-likeness (QED) is 0.388. The largest absolute Gasteiger partial charge is 0.444 e. The van der Waals surface area contributed by atoms with Crippen molar-refractivity contribution in [2.75, 3.05) is 39.3 Å². The molecule has 0 spiro atoms. The van der Waals surface area contributed by atoms with E-state index >= 15 is 0 Å². The molecule has 0 radical (unpaired) electrons. The van der Waals surface area contributed by atoms with Crippen LogP contribution in [0.4, 0.5) is 4.79 Å². The van der Waals surface area contributed by atoms with Gasteiger partial charge in [0.2, 0.25) is 5.91 Å². The molecule has 1 aromatic carbocycles. The third-order valence-corrected chi connectivity index (χ3v) is 11.3. The lowest BCUT2D eigenvalue weighted by Gasteiger charge is -2.51. The van der Waals surface area contributed by atoms with Crippen LogP contribution in [-0.2, 0) is 16.1 Å². The number of carbonyl (C=O) groups excluding carboxylic acids is 3. The van der Waals surface area contributed by atoms with Gasteiger partial charge in [-0.05, 0) is 45.1 Å². The summed E-state index contributed by atoms with van der Waals surface area (Å²) in [6.07, 6.45) is 8.34. The van der Waals surface area contributed by atoms with E-state index in [0.29, 0.717) is 30.1 Å². The molecule has 0 bridgehead atoms. The van der Waals surface area contributed by atoms with Crippen LogP contribution < -0.4 is 5.56 Å². The van der Waals surface area contributed by atoms with Gasteiger partial charge >= 0.3 is 6.09 Å². The van der Waals surface area contributed by atoms with Gasteiger partial charge < -0.3 is 34.2 Å². The Morgan fingerprint density at radius 2 is 1.69 bits per heavy atom. The van der Waals surface area contributed by atoms with Gasteiger partial charge in [-0.1, -0.05) is 83.2 Å². The number of nitrogens with zero attached hydrogens (tertiary/aromatic N) is 4. The number of hydrogen-bond donors (Lipinski definition) is 2. The maximum absolute atomic E-state index is 14.4. The van der Waals surface area contributed by atoms with E-state index in [4.69, 9.17) is 4.74 Å². The molecule has 3 aliphatic rings. The van der Waals surface area contributed by atoms with Gasteiger partial charge in [-0.25, -0.2) is 4.79 Å². The number of likely N-dealkylation sites (tertiary alicyclic amines) is 1. The summed E-state index contributed by atoms with van der Waals surface area (Å²) in [5.74, 6) is 0.254. The van der Waals surface area contributed by atoms with Gasteiger partial charge in [0, 0.05) is 61.9 Å². The van der Waals surface area contributed by atoms with Gasteiger partial charge in [0.1, 0.15) is 5.60 Å². The van der Waals surface area contributed by atoms with E-state index in [9.17, 15) is 29.4 Å². The number of aromatic nitrogens is 1. The van der Waals surface area contributed by atoms with Gasteiger partial charge in [0.05, 0.1) is 30.4 Å². The Kier molecular flexibility index (Phi) is 11.7. The summed E-state index contributed by atoms with van der Waals surface area (Å²) < 4.78 is 6.95. The number of hydrogen-bond acceptors (Lipinski definition) is 7. The summed E-state index contributed by atoms with van der Waals surface area (Å²) in [6.45, 7) is 12.1. The van der Waals surface area contributed by atoms with Gasteiger partial charge in [0.25, 0.3) is 11.5 Å². The van der Waals surface area contributed by atoms with Crippen LogP contribution in [0, 0.1) is 17.3 Å². The average Bonchev–Trinajstić information content (AvgIpc) is 3.09. The van der Waals surface area contributed by atoms with Crippen LogP contribution >= 0.6 is 0 Å². The molecule has 3 unspecified atom stereocenters. The standard InChI is InChI=1S/C40H58N4O7/c1-28(21-29-13-9-7-10-14-29)35(47)42-18-17-40(50,39(5,6)26-42)27-43-24-33(32(22-34(43)46)30-15-11-8-12-16-30)36(48)44-20-19-41(23-31(44)25-45)37(49)51-38(2,3)4/h8,11-12,15-16,22,24,28-29,31,45,50H,7,9-10,13-14,17-21,23,25-27H2,1-6H3. The summed E-state index contributed by atoms with van der Waals surface area (Å²) in [5, 5.41) is 22.6. The van der Waals surface area contributed by atoms with Crippen LogP contribution in [0.2, 0.25) is 0 Å². The molecule has 2 aliphatic heterocycles. The third-order valence-electron chi connectivity index (χ3n) is 11.3. The molecular weight excluding hydrogens is 648 g/mol. The normalized spacial score (nSPS) is 23.5. The zero-order chi connectivity index (χ0) is 37.1. The SMILES string of the molecule is CC(CC1CCCCC1)C(=O)N1CCC(O)(Cn2cc(C(=O)N3CCN(C(=O)OC(C)(C)C)CC3CO)c(-c3ccccc3)cc2=O)C(C)(C)C1. The van der Waals surface area contributed by atoms with E-state index < -0.39 is 28.8 Å². The highest BCUT2D eigenvalue weighted by molar-refractivity contribution is 6.01. The number of piperidine rings is 1. The summed E-state index contributed by atoms with van der Waals surface area (Å²) >= 11 is 0. The van der Waals surface area contributed by atoms with Crippen molar-refractivity contribution in [1.82, 2.24) is 19.3 Å². The topological polar surface area (TPSA) is 133 Å². The molecule has 3 amide bonds. The zero-order valence-electron chi connectivity index (χ0n) is 31.4. The van der Waals surface area contributed by atoms with E-state index in [-0.39, 0.29) is 68.1 Å². The number of benzene rings is 1. The molecule has 3 heterocycles. The summed E-state index contributed by atoms with van der Waals surface area (Å²) in [5.41, 5.74) is -1.72. The second kappa shape index (κ2) is 15.5. The molecule has 11 nitrogen and oxygen atoms in total. The number of ether oxygens (including phenoxy) is 1. The van der Waals surface area contributed by atoms with Gasteiger partial charge in [0.15, 0.2) is 0 Å². The molecule has 2 saturated heterocycles. The summed E-state index contributed by atoms with van der Waals surface area (Å²) in [4.78, 5) is 59.5. The highest BCUT2D eigenvalue weighted by atomic mass is 16.6. The van der Waals surface area contributed by atoms with Crippen LogP contribution in [-0.4, -0.2) is 104 Å². The smallest absolute Gasteiger partial charge is 0.410 e. The molecule has 1 aromatic heterocycles.